The van der Waals surface area contributed by atoms with Gasteiger partial charge in [0.2, 0.25) is 17.6 Å². The molecule has 9 nitrogen and oxygen atoms in total. The molecule has 2 aromatic heterocycles. The molecular weight excluding hydrogens is 394 g/mol. The number of imidazole rings is 1. The number of allylic oxidation sites excluding steroid dienone is 1. The average Bonchev–Trinajstić information content (AvgIpc) is 3.32. The standard InChI is InChI=1S/C22H23N7O2/c1-22(2,3)17-16-15(14(11-23)19(25)31-21(16)28(4)27-17)12-5-7-13(8-6-12)29-10-9-26-20(29)18(24)30/h5-10,15H,25H2,1-4H3,(H2,24,30). The summed E-state index contributed by atoms with van der Waals surface area (Å²) in [6.45, 7) is 6.19. The molecule has 0 saturated carbocycles. The lowest BCUT2D eigenvalue weighted by atomic mass is 9.79. The lowest BCUT2D eigenvalue weighted by molar-refractivity contribution is 0.0989. The molecule has 9 heteroatoms. The van der Waals surface area contributed by atoms with Crippen molar-refractivity contribution >= 4 is 5.91 Å². The number of nitrogens with zero attached hydrogens (tertiary/aromatic N) is 5. The zero-order valence-electron chi connectivity index (χ0n) is 17.7. The SMILES string of the molecule is Cn1nc(C(C)(C)C)c2c1OC(N)=C(C#N)C2c1ccc(-n2ccnc2C(N)=O)cc1. The molecule has 1 aliphatic heterocycles. The highest BCUT2D eigenvalue weighted by molar-refractivity contribution is 5.89. The fraction of sp³-hybridized carbons (Fsp3) is 0.273. The number of nitrogens with two attached hydrogens (primary N) is 2. The fourth-order valence-corrected chi connectivity index (χ4v) is 3.88. The van der Waals surface area contributed by atoms with E-state index in [2.05, 4.69) is 36.9 Å². The second kappa shape index (κ2) is 7.02. The second-order valence-electron chi connectivity index (χ2n) is 8.44. The predicted molar refractivity (Wildman–Crippen MR) is 113 cm³/mol. The monoisotopic (exact) mass is 417 g/mol. The van der Waals surface area contributed by atoms with Crippen LogP contribution >= 0.6 is 0 Å². The van der Waals surface area contributed by atoms with E-state index in [0.717, 1.165) is 22.5 Å². The van der Waals surface area contributed by atoms with Gasteiger partial charge in [-0.15, -0.1) is 0 Å². The summed E-state index contributed by atoms with van der Waals surface area (Å²) >= 11 is 0. The zero-order chi connectivity index (χ0) is 22.5. The van der Waals surface area contributed by atoms with Crippen molar-refractivity contribution in [3.05, 3.63) is 70.8 Å². The molecule has 1 aromatic carbocycles. The first-order chi connectivity index (χ1) is 14.6. The Morgan fingerprint density at radius 1 is 1.26 bits per heavy atom. The molecular formula is C22H23N7O2. The van der Waals surface area contributed by atoms with Crippen molar-refractivity contribution in [3.8, 4) is 17.6 Å². The molecule has 0 aliphatic carbocycles. The Hall–Kier alpha value is -4.06. The highest BCUT2D eigenvalue weighted by Crippen LogP contribution is 2.46. The molecule has 3 heterocycles. The van der Waals surface area contributed by atoms with Crippen molar-refractivity contribution < 1.29 is 9.53 Å². The van der Waals surface area contributed by atoms with E-state index in [0.29, 0.717) is 11.5 Å². The smallest absolute Gasteiger partial charge is 0.285 e. The third-order valence-electron chi connectivity index (χ3n) is 5.28. The summed E-state index contributed by atoms with van der Waals surface area (Å²) in [5, 5.41) is 14.5. The van der Waals surface area contributed by atoms with Gasteiger partial charge < -0.3 is 16.2 Å². The van der Waals surface area contributed by atoms with Gasteiger partial charge in [-0.05, 0) is 17.7 Å². The predicted octanol–water partition coefficient (Wildman–Crippen LogP) is 2.22. The number of aryl methyl sites for hydroxylation is 1. The number of carbonyl (C=O) groups is 1. The number of hydrogen-bond acceptors (Lipinski definition) is 6. The van der Waals surface area contributed by atoms with Crippen LogP contribution in [0.5, 0.6) is 5.88 Å². The van der Waals surface area contributed by atoms with E-state index in [1.54, 1.807) is 22.5 Å². The minimum absolute atomic E-state index is 0.0677. The largest absolute Gasteiger partial charge is 0.422 e. The number of nitriles is 1. The molecule has 0 bridgehead atoms. The van der Waals surface area contributed by atoms with Gasteiger partial charge >= 0.3 is 0 Å². The first kappa shape index (κ1) is 20.2. The number of fused-ring (bicyclic) bond motifs is 1. The van der Waals surface area contributed by atoms with Gasteiger partial charge in [-0.3, -0.25) is 9.36 Å². The number of rotatable bonds is 3. The number of benzene rings is 1. The van der Waals surface area contributed by atoms with Gasteiger partial charge in [0.15, 0.2) is 0 Å². The van der Waals surface area contributed by atoms with Crippen LogP contribution in [-0.4, -0.2) is 25.2 Å². The van der Waals surface area contributed by atoms with Crippen LogP contribution in [0.15, 0.2) is 48.1 Å². The molecule has 0 spiro atoms. The van der Waals surface area contributed by atoms with E-state index < -0.39 is 11.8 Å². The summed E-state index contributed by atoms with van der Waals surface area (Å²) in [5.41, 5.74) is 14.8. The Kier molecular flexibility index (Phi) is 4.58. The summed E-state index contributed by atoms with van der Waals surface area (Å²) in [5.74, 6) is -0.301. The van der Waals surface area contributed by atoms with Crippen molar-refractivity contribution in [2.45, 2.75) is 32.1 Å². The normalized spacial score (nSPS) is 15.9. The molecule has 158 valence electrons. The maximum atomic E-state index is 11.6. The van der Waals surface area contributed by atoms with Gasteiger partial charge in [0.05, 0.1) is 17.2 Å². The average molecular weight is 417 g/mol. The quantitative estimate of drug-likeness (QED) is 0.670. The van der Waals surface area contributed by atoms with Gasteiger partial charge in [-0.25, -0.2) is 9.67 Å². The zero-order valence-corrected chi connectivity index (χ0v) is 17.7. The number of carbonyl (C=O) groups excluding carboxylic acids is 1. The van der Waals surface area contributed by atoms with Crippen molar-refractivity contribution in [3.63, 3.8) is 0 Å². The molecule has 3 aromatic rings. The van der Waals surface area contributed by atoms with Crippen LogP contribution < -0.4 is 16.2 Å². The summed E-state index contributed by atoms with van der Waals surface area (Å²) in [4.78, 5) is 15.6. The molecule has 4 N–H and O–H groups in total. The van der Waals surface area contributed by atoms with Crippen LogP contribution in [0.2, 0.25) is 0 Å². The Morgan fingerprint density at radius 3 is 2.52 bits per heavy atom. The van der Waals surface area contributed by atoms with Crippen LogP contribution in [0.1, 0.15) is 54.1 Å². The van der Waals surface area contributed by atoms with Crippen LogP contribution in [0, 0.1) is 11.3 Å². The Balaban J connectivity index is 1.87. The van der Waals surface area contributed by atoms with Gasteiger partial charge in [-0.1, -0.05) is 32.9 Å². The van der Waals surface area contributed by atoms with Crippen molar-refractivity contribution in [2.24, 2.45) is 18.5 Å². The molecule has 1 unspecified atom stereocenters. The third kappa shape index (κ3) is 3.22. The van der Waals surface area contributed by atoms with E-state index >= 15 is 0 Å². The Morgan fingerprint density at radius 2 is 1.94 bits per heavy atom. The Bertz CT molecular complexity index is 1250. The van der Waals surface area contributed by atoms with Gasteiger partial charge in [0.1, 0.15) is 11.6 Å². The van der Waals surface area contributed by atoms with Gasteiger partial charge in [0, 0.05) is 30.5 Å². The number of primary amides is 1. The fourth-order valence-electron chi connectivity index (χ4n) is 3.88. The number of aromatic nitrogens is 4. The molecule has 0 radical (unpaired) electrons. The van der Waals surface area contributed by atoms with Crippen LogP contribution in [0.4, 0.5) is 0 Å². The van der Waals surface area contributed by atoms with Crippen LogP contribution in [0.25, 0.3) is 5.69 Å². The molecule has 4 rings (SSSR count). The van der Waals surface area contributed by atoms with E-state index in [1.165, 1.54) is 6.20 Å². The molecule has 1 atom stereocenters. The van der Waals surface area contributed by atoms with E-state index in [4.69, 9.17) is 16.2 Å². The molecule has 0 fully saturated rings. The summed E-state index contributed by atoms with van der Waals surface area (Å²) < 4.78 is 9.06. The van der Waals surface area contributed by atoms with E-state index in [-0.39, 0.29) is 17.1 Å². The molecule has 1 aliphatic rings. The van der Waals surface area contributed by atoms with Crippen LogP contribution in [0.3, 0.4) is 0 Å². The van der Waals surface area contributed by atoms with E-state index in [1.807, 2.05) is 24.3 Å². The third-order valence-corrected chi connectivity index (χ3v) is 5.28. The minimum Gasteiger partial charge on any atom is -0.422 e. The number of ether oxygens (including phenoxy) is 1. The summed E-state index contributed by atoms with van der Waals surface area (Å²) in [6, 6.07) is 9.69. The van der Waals surface area contributed by atoms with Gasteiger partial charge in [-0.2, -0.15) is 10.4 Å². The second-order valence-corrected chi connectivity index (χ2v) is 8.44. The van der Waals surface area contributed by atoms with Crippen molar-refractivity contribution in [2.75, 3.05) is 0 Å². The van der Waals surface area contributed by atoms with Crippen molar-refractivity contribution in [1.29, 1.82) is 5.26 Å². The first-order valence-electron chi connectivity index (χ1n) is 9.72. The Labute approximate surface area is 179 Å². The highest BCUT2D eigenvalue weighted by atomic mass is 16.5. The maximum absolute atomic E-state index is 11.6. The molecule has 1 amide bonds. The lowest BCUT2D eigenvalue weighted by Gasteiger charge is -2.27. The van der Waals surface area contributed by atoms with Crippen molar-refractivity contribution in [1.82, 2.24) is 19.3 Å². The maximum Gasteiger partial charge on any atom is 0.285 e. The topological polar surface area (TPSA) is 138 Å². The minimum atomic E-state index is -0.615. The highest BCUT2D eigenvalue weighted by Gasteiger charge is 2.39. The number of hydrogen-bond donors (Lipinski definition) is 2. The van der Waals surface area contributed by atoms with Gasteiger partial charge in [0.25, 0.3) is 5.91 Å². The number of amides is 1. The van der Waals surface area contributed by atoms with E-state index in [9.17, 15) is 10.1 Å². The lowest BCUT2D eigenvalue weighted by Crippen LogP contribution is -2.24. The molecule has 0 saturated heterocycles. The first-order valence-corrected chi connectivity index (χ1v) is 9.72. The summed E-state index contributed by atoms with van der Waals surface area (Å²) in [6.07, 6.45) is 3.18. The summed E-state index contributed by atoms with van der Waals surface area (Å²) in [7, 11) is 1.79. The van der Waals surface area contributed by atoms with Crippen LogP contribution in [-0.2, 0) is 12.5 Å². The molecule has 31 heavy (non-hydrogen) atoms.